The summed E-state index contributed by atoms with van der Waals surface area (Å²) in [5.41, 5.74) is 4.75. The lowest BCUT2D eigenvalue weighted by Gasteiger charge is -2.14. The van der Waals surface area contributed by atoms with Gasteiger partial charge in [0, 0.05) is 12.7 Å². The third-order valence-corrected chi connectivity index (χ3v) is 5.96. The third kappa shape index (κ3) is 5.06. The number of carbonyl (C=O) groups is 1. The summed E-state index contributed by atoms with van der Waals surface area (Å²) in [6, 6.07) is 17.5. The van der Waals surface area contributed by atoms with E-state index in [4.69, 9.17) is 9.84 Å². The van der Waals surface area contributed by atoms with E-state index >= 15 is 0 Å². The Morgan fingerprint density at radius 1 is 1.03 bits per heavy atom. The van der Waals surface area contributed by atoms with Crippen LogP contribution in [0, 0.1) is 18.6 Å². The summed E-state index contributed by atoms with van der Waals surface area (Å²) in [6.07, 6.45) is 2.03. The molecule has 0 fully saturated rings. The van der Waals surface area contributed by atoms with Crippen LogP contribution in [0.25, 0.3) is 10.9 Å². The van der Waals surface area contributed by atoms with Crippen molar-refractivity contribution in [3.8, 4) is 5.75 Å². The van der Waals surface area contributed by atoms with Crippen molar-refractivity contribution in [2.24, 2.45) is 0 Å². The molecule has 0 radical (unpaired) electrons. The molecule has 4 aromatic rings. The number of carboxylic acids is 1. The number of hydrogen-bond acceptors (Lipinski definition) is 2. The van der Waals surface area contributed by atoms with Crippen LogP contribution in [-0.4, -0.2) is 15.6 Å². The second-order valence-electron chi connectivity index (χ2n) is 8.34. The molecule has 6 heteroatoms. The minimum Gasteiger partial charge on any atom is -0.489 e. The Morgan fingerprint density at radius 3 is 2.48 bits per heavy atom. The molecule has 33 heavy (non-hydrogen) atoms. The third-order valence-electron chi connectivity index (χ3n) is 5.96. The molecule has 0 bridgehead atoms. The normalized spacial score (nSPS) is 12.1. The van der Waals surface area contributed by atoms with Gasteiger partial charge in [-0.05, 0) is 70.8 Å². The molecule has 1 atom stereocenters. The first-order chi connectivity index (χ1) is 15.8. The number of hydrogen-bond donors (Lipinski definition) is 1. The zero-order chi connectivity index (χ0) is 23.5. The molecule has 4 rings (SSSR count). The van der Waals surface area contributed by atoms with Crippen LogP contribution in [0.1, 0.15) is 41.5 Å². The highest BCUT2D eigenvalue weighted by Gasteiger charge is 2.12. The minimum atomic E-state index is -0.851. The van der Waals surface area contributed by atoms with Gasteiger partial charge in [-0.25, -0.2) is 8.78 Å². The van der Waals surface area contributed by atoms with Crippen LogP contribution in [0.2, 0.25) is 0 Å². The SMILES string of the molecule is Cc1c(COc2ccc(C(C)CC(=O)O)cc2)ccc2ccn(Cc3ccc(F)c(F)c3)c12. The lowest BCUT2D eigenvalue weighted by molar-refractivity contribution is -0.137. The Kier molecular flexibility index (Phi) is 6.45. The maximum absolute atomic E-state index is 13.6. The number of ether oxygens (including phenoxy) is 1. The molecule has 0 amide bonds. The number of fused-ring (bicyclic) bond motifs is 1. The largest absolute Gasteiger partial charge is 0.489 e. The van der Waals surface area contributed by atoms with E-state index in [-0.39, 0.29) is 12.3 Å². The van der Waals surface area contributed by atoms with Gasteiger partial charge in [-0.15, -0.1) is 0 Å². The van der Waals surface area contributed by atoms with Gasteiger partial charge < -0.3 is 14.4 Å². The summed E-state index contributed by atoms with van der Waals surface area (Å²) in [5.74, 6) is -1.88. The maximum atomic E-state index is 13.6. The van der Waals surface area contributed by atoms with Gasteiger partial charge in [0.15, 0.2) is 11.6 Å². The number of aromatic nitrogens is 1. The van der Waals surface area contributed by atoms with Crippen molar-refractivity contribution in [2.45, 2.75) is 39.3 Å². The molecular formula is C27H25F2NO3. The summed E-state index contributed by atoms with van der Waals surface area (Å²) in [5, 5.41) is 10.0. The molecule has 1 aromatic heterocycles. The molecule has 3 aromatic carbocycles. The maximum Gasteiger partial charge on any atom is 0.303 e. The Balaban J connectivity index is 1.50. The number of aryl methyl sites for hydroxylation is 1. The molecule has 0 spiro atoms. The van der Waals surface area contributed by atoms with Crippen molar-refractivity contribution in [1.29, 1.82) is 0 Å². The minimum absolute atomic E-state index is 0.0661. The Hall–Kier alpha value is -3.67. The van der Waals surface area contributed by atoms with Crippen molar-refractivity contribution < 1.29 is 23.4 Å². The van der Waals surface area contributed by atoms with Crippen molar-refractivity contribution in [3.63, 3.8) is 0 Å². The van der Waals surface area contributed by atoms with Crippen LogP contribution < -0.4 is 4.74 Å². The van der Waals surface area contributed by atoms with E-state index in [9.17, 15) is 13.6 Å². The topological polar surface area (TPSA) is 51.5 Å². The molecule has 1 heterocycles. The van der Waals surface area contributed by atoms with Crippen LogP contribution in [0.3, 0.4) is 0 Å². The van der Waals surface area contributed by atoms with Gasteiger partial charge in [-0.2, -0.15) is 0 Å². The van der Waals surface area contributed by atoms with Gasteiger partial charge >= 0.3 is 5.97 Å². The fourth-order valence-corrected chi connectivity index (χ4v) is 4.08. The first kappa shape index (κ1) is 22.5. The Labute approximate surface area is 191 Å². The van der Waals surface area contributed by atoms with E-state index in [1.54, 1.807) is 6.07 Å². The first-order valence-electron chi connectivity index (χ1n) is 10.8. The zero-order valence-corrected chi connectivity index (χ0v) is 18.5. The monoisotopic (exact) mass is 449 g/mol. The average molecular weight is 449 g/mol. The number of rotatable bonds is 8. The molecule has 4 nitrogen and oxygen atoms in total. The number of aliphatic carboxylic acids is 1. The summed E-state index contributed by atoms with van der Waals surface area (Å²) < 4.78 is 34.9. The summed E-state index contributed by atoms with van der Waals surface area (Å²) >= 11 is 0. The molecule has 170 valence electrons. The van der Waals surface area contributed by atoms with Crippen molar-refractivity contribution in [1.82, 2.24) is 4.57 Å². The molecule has 0 aliphatic rings. The summed E-state index contributed by atoms with van der Waals surface area (Å²) in [4.78, 5) is 10.9. The second kappa shape index (κ2) is 9.45. The van der Waals surface area contributed by atoms with Gasteiger partial charge in [-0.3, -0.25) is 4.79 Å². The highest BCUT2D eigenvalue weighted by molar-refractivity contribution is 5.84. The summed E-state index contributed by atoms with van der Waals surface area (Å²) in [6.45, 7) is 4.72. The smallest absolute Gasteiger partial charge is 0.303 e. The van der Waals surface area contributed by atoms with E-state index in [2.05, 4.69) is 0 Å². The Bertz CT molecular complexity index is 1290. The van der Waals surface area contributed by atoms with E-state index in [0.717, 1.165) is 33.7 Å². The van der Waals surface area contributed by atoms with Crippen LogP contribution in [0.5, 0.6) is 5.75 Å². The molecule has 0 aliphatic heterocycles. The standard InChI is InChI=1S/C27H25F2NO3/c1-17(13-26(31)32)20-6-8-23(9-7-20)33-16-22-5-4-21-11-12-30(27(21)18(22)2)15-19-3-10-24(28)25(29)14-19/h3-12,14,17H,13,15-16H2,1-2H3,(H,31,32). The molecule has 0 saturated carbocycles. The van der Waals surface area contributed by atoms with Crippen LogP contribution in [-0.2, 0) is 17.9 Å². The second-order valence-corrected chi connectivity index (χ2v) is 8.34. The molecule has 0 aliphatic carbocycles. The highest BCUT2D eigenvalue weighted by atomic mass is 19.2. The van der Waals surface area contributed by atoms with Crippen molar-refractivity contribution >= 4 is 16.9 Å². The molecule has 0 saturated heterocycles. The van der Waals surface area contributed by atoms with Gasteiger partial charge in [0.1, 0.15) is 12.4 Å². The van der Waals surface area contributed by atoms with Gasteiger partial charge in [0.2, 0.25) is 0 Å². The number of carboxylic acid groups (broad SMARTS) is 1. The van der Waals surface area contributed by atoms with Gasteiger partial charge in [0.05, 0.1) is 11.9 Å². The first-order valence-corrected chi connectivity index (χ1v) is 10.8. The number of nitrogens with zero attached hydrogens (tertiary/aromatic N) is 1. The zero-order valence-electron chi connectivity index (χ0n) is 18.5. The van der Waals surface area contributed by atoms with Crippen LogP contribution in [0.4, 0.5) is 8.78 Å². The van der Waals surface area contributed by atoms with E-state index in [1.165, 1.54) is 6.07 Å². The predicted octanol–water partition coefficient (Wildman–Crippen LogP) is 6.43. The lowest BCUT2D eigenvalue weighted by Crippen LogP contribution is -2.04. The lowest BCUT2D eigenvalue weighted by atomic mass is 9.98. The number of benzene rings is 3. The summed E-state index contributed by atoms with van der Waals surface area (Å²) in [7, 11) is 0. The molecular weight excluding hydrogens is 424 g/mol. The van der Waals surface area contributed by atoms with Crippen molar-refractivity contribution in [3.05, 3.63) is 101 Å². The van der Waals surface area contributed by atoms with Gasteiger partial charge in [-0.1, -0.05) is 37.3 Å². The quantitative estimate of drug-likeness (QED) is 0.337. The number of halogens is 2. The molecule has 1 N–H and O–H groups in total. The van der Waals surface area contributed by atoms with E-state index in [1.807, 2.05) is 67.1 Å². The fourth-order valence-electron chi connectivity index (χ4n) is 4.08. The average Bonchev–Trinajstić information content (AvgIpc) is 3.19. The fraction of sp³-hybridized carbons (Fsp3) is 0.222. The van der Waals surface area contributed by atoms with Gasteiger partial charge in [0.25, 0.3) is 0 Å². The predicted molar refractivity (Wildman–Crippen MR) is 124 cm³/mol. The molecule has 1 unspecified atom stereocenters. The van der Waals surface area contributed by atoms with E-state index < -0.39 is 17.6 Å². The van der Waals surface area contributed by atoms with Crippen molar-refractivity contribution in [2.75, 3.05) is 0 Å². The Morgan fingerprint density at radius 2 is 1.79 bits per heavy atom. The van der Waals surface area contributed by atoms with Crippen LogP contribution in [0.15, 0.2) is 66.9 Å². The van der Waals surface area contributed by atoms with E-state index in [0.29, 0.717) is 24.5 Å². The van der Waals surface area contributed by atoms with Crippen LogP contribution >= 0.6 is 0 Å². The highest BCUT2D eigenvalue weighted by Crippen LogP contribution is 2.27.